The fraction of sp³-hybridized carbons (Fsp3) is 0.900. The van der Waals surface area contributed by atoms with Crippen LogP contribution in [0.4, 0.5) is 0 Å². The van der Waals surface area contributed by atoms with Crippen LogP contribution >= 0.6 is 0 Å². The Bertz CT molecular complexity index is 316. The highest BCUT2D eigenvalue weighted by molar-refractivity contribution is 7.91. The number of Topliss-reactive ketones (excluding diaryl/α,β-unsaturated/α-hetero) is 1. The van der Waals surface area contributed by atoms with Gasteiger partial charge in [-0.05, 0) is 18.3 Å². The number of carbonyl (C=O) groups excluding carboxylic acids is 1. The van der Waals surface area contributed by atoms with Crippen molar-refractivity contribution >= 4 is 15.6 Å². The first-order valence-corrected chi connectivity index (χ1v) is 6.98. The van der Waals surface area contributed by atoms with Crippen molar-refractivity contribution < 1.29 is 13.2 Å². The summed E-state index contributed by atoms with van der Waals surface area (Å²) >= 11 is 0. The lowest BCUT2D eigenvalue weighted by Gasteiger charge is -2.32. The molecule has 0 saturated heterocycles. The van der Waals surface area contributed by atoms with Gasteiger partial charge in [0.15, 0.2) is 9.84 Å². The van der Waals surface area contributed by atoms with E-state index < -0.39 is 15.1 Å². The monoisotopic (exact) mass is 218 g/mol. The molecule has 1 aliphatic carbocycles. The maximum absolute atomic E-state index is 11.5. The third-order valence-corrected chi connectivity index (χ3v) is 4.69. The Balaban J connectivity index is 2.90. The predicted octanol–water partition coefficient (Wildman–Crippen LogP) is 1.42. The zero-order chi connectivity index (χ0) is 10.9. The van der Waals surface area contributed by atoms with Crippen molar-refractivity contribution in [2.45, 2.75) is 38.4 Å². The van der Waals surface area contributed by atoms with Crippen LogP contribution < -0.4 is 0 Å². The van der Waals surface area contributed by atoms with Crippen molar-refractivity contribution in [3.8, 4) is 0 Å². The van der Waals surface area contributed by atoms with Crippen molar-refractivity contribution in [1.29, 1.82) is 0 Å². The molecule has 3 nitrogen and oxygen atoms in total. The summed E-state index contributed by atoms with van der Waals surface area (Å²) < 4.78 is 23.0. The molecule has 14 heavy (non-hydrogen) atoms. The van der Waals surface area contributed by atoms with E-state index in [1.807, 2.05) is 13.8 Å². The second-order valence-electron chi connectivity index (χ2n) is 4.56. The first-order valence-electron chi connectivity index (χ1n) is 5.03. The second kappa shape index (κ2) is 4.01. The van der Waals surface area contributed by atoms with Gasteiger partial charge in [-0.15, -0.1) is 0 Å². The van der Waals surface area contributed by atoms with Crippen molar-refractivity contribution in [3.05, 3.63) is 0 Å². The van der Waals surface area contributed by atoms with Crippen LogP contribution in [0.5, 0.6) is 0 Å². The van der Waals surface area contributed by atoms with Crippen LogP contribution in [0.2, 0.25) is 0 Å². The van der Waals surface area contributed by atoms with Crippen LogP contribution in [0.3, 0.4) is 0 Å². The number of ketones is 1. The number of rotatable bonds is 2. The van der Waals surface area contributed by atoms with E-state index in [1.165, 1.54) is 6.26 Å². The summed E-state index contributed by atoms with van der Waals surface area (Å²) in [4.78, 5) is 11.2. The SMILES string of the molecule is CC(C)C1CCC(=O)CC1S(C)(=O)=O. The van der Waals surface area contributed by atoms with Gasteiger partial charge >= 0.3 is 0 Å². The molecule has 2 atom stereocenters. The highest BCUT2D eigenvalue weighted by Crippen LogP contribution is 2.32. The molecule has 1 aliphatic rings. The Morgan fingerprint density at radius 2 is 1.93 bits per heavy atom. The van der Waals surface area contributed by atoms with Gasteiger partial charge in [-0.1, -0.05) is 13.8 Å². The largest absolute Gasteiger partial charge is 0.300 e. The van der Waals surface area contributed by atoms with Crippen LogP contribution in [0.1, 0.15) is 33.1 Å². The van der Waals surface area contributed by atoms with Crippen molar-refractivity contribution in [2.75, 3.05) is 6.26 Å². The number of carbonyl (C=O) groups is 1. The highest BCUT2D eigenvalue weighted by Gasteiger charge is 2.37. The first-order chi connectivity index (χ1) is 6.32. The summed E-state index contributed by atoms with van der Waals surface area (Å²) in [6.45, 7) is 4.05. The third-order valence-electron chi connectivity index (χ3n) is 3.07. The smallest absolute Gasteiger partial charge is 0.151 e. The zero-order valence-corrected chi connectivity index (χ0v) is 9.80. The molecule has 0 aromatic carbocycles. The van der Waals surface area contributed by atoms with E-state index in [9.17, 15) is 13.2 Å². The molecule has 82 valence electrons. The predicted molar refractivity (Wildman–Crippen MR) is 55.8 cm³/mol. The lowest BCUT2D eigenvalue weighted by atomic mass is 9.81. The summed E-state index contributed by atoms with van der Waals surface area (Å²) in [5.41, 5.74) is 0. The minimum Gasteiger partial charge on any atom is -0.300 e. The Morgan fingerprint density at radius 3 is 2.36 bits per heavy atom. The van der Waals surface area contributed by atoms with Crippen molar-refractivity contribution in [2.24, 2.45) is 11.8 Å². The molecule has 4 heteroatoms. The molecular formula is C10H18O3S. The van der Waals surface area contributed by atoms with Gasteiger partial charge in [0.1, 0.15) is 5.78 Å². The molecule has 0 spiro atoms. The van der Waals surface area contributed by atoms with E-state index in [0.29, 0.717) is 12.3 Å². The standard InChI is InChI=1S/C10H18O3S/c1-7(2)9-5-4-8(11)6-10(9)14(3,12)13/h7,9-10H,4-6H2,1-3H3. The summed E-state index contributed by atoms with van der Waals surface area (Å²) in [5, 5.41) is -0.441. The van der Waals surface area contributed by atoms with Gasteiger partial charge in [0.2, 0.25) is 0 Å². The van der Waals surface area contributed by atoms with Gasteiger partial charge < -0.3 is 0 Å². The first kappa shape index (κ1) is 11.7. The summed E-state index contributed by atoms with van der Waals surface area (Å²) in [6.07, 6.45) is 2.75. The maximum Gasteiger partial charge on any atom is 0.151 e. The molecule has 0 amide bonds. The molecule has 0 N–H and O–H groups in total. The lowest BCUT2D eigenvalue weighted by Crippen LogP contribution is -2.38. The molecule has 0 aliphatic heterocycles. The quantitative estimate of drug-likeness (QED) is 0.704. The van der Waals surface area contributed by atoms with Gasteiger partial charge in [-0.25, -0.2) is 8.42 Å². The highest BCUT2D eigenvalue weighted by atomic mass is 32.2. The second-order valence-corrected chi connectivity index (χ2v) is 6.82. The molecule has 0 bridgehead atoms. The van der Waals surface area contributed by atoms with Gasteiger partial charge in [-0.3, -0.25) is 4.79 Å². The van der Waals surface area contributed by atoms with E-state index in [-0.39, 0.29) is 18.1 Å². The molecule has 1 fully saturated rings. The number of sulfone groups is 1. The van der Waals surface area contributed by atoms with Crippen LogP contribution in [-0.2, 0) is 14.6 Å². The van der Waals surface area contributed by atoms with Crippen molar-refractivity contribution in [3.63, 3.8) is 0 Å². The molecule has 0 aromatic heterocycles. The third kappa shape index (κ3) is 2.56. The summed E-state index contributed by atoms with van der Waals surface area (Å²) in [5.74, 6) is 0.586. The van der Waals surface area contributed by atoms with Crippen LogP contribution in [-0.4, -0.2) is 25.7 Å². The number of hydrogen-bond acceptors (Lipinski definition) is 3. The van der Waals surface area contributed by atoms with E-state index in [2.05, 4.69) is 0 Å². The average molecular weight is 218 g/mol. The van der Waals surface area contributed by atoms with Crippen LogP contribution in [0.25, 0.3) is 0 Å². The average Bonchev–Trinajstić information content (AvgIpc) is 2.01. The zero-order valence-electron chi connectivity index (χ0n) is 8.99. The van der Waals surface area contributed by atoms with Crippen molar-refractivity contribution in [1.82, 2.24) is 0 Å². The van der Waals surface area contributed by atoms with Gasteiger partial charge in [0.25, 0.3) is 0 Å². The molecule has 0 aromatic rings. The van der Waals surface area contributed by atoms with E-state index in [1.54, 1.807) is 0 Å². The Morgan fingerprint density at radius 1 is 1.36 bits per heavy atom. The Hall–Kier alpha value is -0.380. The van der Waals surface area contributed by atoms with Gasteiger partial charge in [0, 0.05) is 19.1 Å². The Kier molecular flexibility index (Phi) is 3.35. The maximum atomic E-state index is 11.5. The van der Waals surface area contributed by atoms with Crippen LogP contribution in [0.15, 0.2) is 0 Å². The summed E-state index contributed by atoms with van der Waals surface area (Å²) in [7, 11) is -3.07. The molecule has 2 unspecified atom stereocenters. The molecule has 0 radical (unpaired) electrons. The molecule has 1 saturated carbocycles. The normalized spacial score (nSPS) is 29.6. The fourth-order valence-electron chi connectivity index (χ4n) is 2.22. The lowest BCUT2D eigenvalue weighted by molar-refractivity contribution is -0.121. The fourth-order valence-corrected chi connectivity index (χ4v) is 3.80. The molecule has 0 heterocycles. The molecular weight excluding hydrogens is 200 g/mol. The molecule has 1 rings (SSSR count). The van der Waals surface area contributed by atoms with Crippen LogP contribution in [0, 0.1) is 11.8 Å². The minimum absolute atomic E-state index is 0.0947. The van der Waals surface area contributed by atoms with E-state index in [4.69, 9.17) is 0 Å². The Labute approximate surface area is 85.8 Å². The van der Waals surface area contributed by atoms with Gasteiger partial charge in [-0.2, -0.15) is 0 Å². The summed E-state index contributed by atoms with van der Waals surface area (Å²) in [6, 6.07) is 0. The van der Waals surface area contributed by atoms with Gasteiger partial charge in [0.05, 0.1) is 5.25 Å². The van der Waals surface area contributed by atoms with E-state index in [0.717, 1.165) is 6.42 Å². The minimum atomic E-state index is -3.07. The number of hydrogen-bond donors (Lipinski definition) is 0. The van der Waals surface area contributed by atoms with E-state index >= 15 is 0 Å². The topological polar surface area (TPSA) is 51.2 Å².